The lowest BCUT2D eigenvalue weighted by Gasteiger charge is -3.23. The second-order valence-corrected chi connectivity index (χ2v) is 27.8. The molecule has 0 amide bonds. The van der Waals surface area contributed by atoms with Crippen LogP contribution in [0.3, 0.4) is 0 Å². The lowest BCUT2D eigenvalue weighted by Crippen LogP contribution is -3.02. The van der Waals surface area contributed by atoms with Crippen molar-refractivity contribution in [3.8, 4) is 0 Å². The molecule has 0 radical (unpaired) electrons. The van der Waals surface area contributed by atoms with E-state index in [0.29, 0.717) is 21.7 Å². The fourth-order valence-electron chi connectivity index (χ4n) is 8.12. The molecule has 0 spiro atoms. The Hall–Kier alpha value is 1.72. The van der Waals surface area contributed by atoms with Crippen molar-refractivity contribution in [3.63, 3.8) is 0 Å². The van der Waals surface area contributed by atoms with Crippen molar-refractivity contribution in [3.05, 3.63) is 0 Å². The Morgan fingerprint density at radius 1 is 0.393 bits per heavy atom. The summed E-state index contributed by atoms with van der Waals surface area (Å²) >= 11 is 0. The van der Waals surface area contributed by atoms with Gasteiger partial charge in [-0.2, -0.15) is 0 Å². The first-order valence-corrected chi connectivity index (χ1v) is 17.3. The third kappa shape index (κ3) is 1.34. The number of rotatable bonds is 8. The van der Waals surface area contributed by atoms with Crippen molar-refractivity contribution >= 4 is 31.7 Å². The largest absolute Gasteiger partial charge is 0.0648 e. The number of hydrogen-bond acceptors (Lipinski definition) is 0. The van der Waals surface area contributed by atoms with Gasteiger partial charge in [-0.3, -0.25) is 0 Å². The average molecular weight is 457 g/mol. The van der Waals surface area contributed by atoms with Gasteiger partial charge in [-0.15, -0.1) is 0 Å². The van der Waals surface area contributed by atoms with E-state index in [1.165, 1.54) is 25.7 Å². The third-order valence-corrected chi connectivity index (χ3v) is 40.1. The molecule has 28 heavy (non-hydrogen) atoms. The molecule has 0 N–H and O–H groups in total. The van der Waals surface area contributed by atoms with Gasteiger partial charge in [0.1, 0.15) is 0 Å². The molecule has 6 aliphatic rings. The first kappa shape index (κ1) is 21.6. The van der Waals surface area contributed by atoms with Crippen molar-refractivity contribution in [2.24, 2.45) is 21.7 Å². The molecule has 6 fully saturated rings. The maximum Gasteiger partial charge on any atom is 0.0424 e. The van der Waals surface area contributed by atoms with E-state index in [4.69, 9.17) is 0 Å². The molecule has 0 bridgehead atoms. The third-order valence-electron chi connectivity index (χ3n) is 10.9. The van der Waals surface area contributed by atoms with Crippen molar-refractivity contribution < 1.29 is 0 Å². The smallest absolute Gasteiger partial charge is 0.0424 e. The van der Waals surface area contributed by atoms with Gasteiger partial charge in [0.2, 0.25) is 0 Å². The van der Waals surface area contributed by atoms with Gasteiger partial charge in [0.05, 0.1) is 0 Å². The minimum absolute atomic E-state index is 0.245. The molecule has 6 heterocycles. The zero-order valence-electron chi connectivity index (χ0n) is 20.6. The summed E-state index contributed by atoms with van der Waals surface area (Å²) in [6, 6.07) is 0. The van der Waals surface area contributed by atoms with Crippen LogP contribution in [0.1, 0.15) is 109 Å². The highest BCUT2D eigenvalue weighted by Crippen LogP contribution is 3.55. The van der Waals surface area contributed by atoms with E-state index in [9.17, 15) is 0 Å². The molecular weight excluding hydrogens is 412 g/mol. The molecule has 0 aromatic heterocycles. The molecule has 0 atom stereocenters. The highest BCUT2D eigenvalue weighted by atomic mass is 31.4. The lowest BCUT2D eigenvalue weighted by atomic mass is 9.88. The van der Waals surface area contributed by atoms with Crippen LogP contribution in [-0.4, -0.2) is 18.6 Å². The summed E-state index contributed by atoms with van der Waals surface area (Å²) in [6.07, 6.45) is 5.65. The molecule has 0 unspecified atom stereocenters. The van der Waals surface area contributed by atoms with Gasteiger partial charge in [-0.25, -0.2) is 0 Å². The summed E-state index contributed by atoms with van der Waals surface area (Å²) in [5.41, 5.74) is 2.41. The summed E-state index contributed by atoms with van der Waals surface area (Å²) in [6.45, 7) is 31.7. The molecule has 6 aliphatic heterocycles. The highest BCUT2D eigenvalue weighted by Gasteiger charge is 3.23. The van der Waals surface area contributed by atoms with Gasteiger partial charge in [0.25, 0.3) is 0 Å². The van der Waals surface area contributed by atoms with Gasteiger partial charge < -0.3 is 0 Å². The van der Waals surface area contributed by atoms with Crippen LogP contribution in [-0.2, 0) is 0 Å². The number of hydrogen-bond donors (Lipinski definition) is 0. The van der Waals surface area contributed by atoms with Crippen molar-refractivity contribution in [1.82, 2.24) is 0 Å². The van der Waals surface area contributed by atoms with Crippen LogP contribution >= 0.6 is 31.7 Å². The molecule has 0 saturated carbocycles. The second kappa shape index (κ2) is 5.11. The molecule has 6 saturated heterocycles. The Balaban J connectivity index is 1.74. The predicted octanol–water partition coefficient (Wildman–Crippen LogP) is 10.3. The molecule has 0 aliphatic carbocycles. The van der Waals surface area contributed by atoms with Crippen LogP contribution < -0.4 is 0 Å². The summed E-state index contributed by atoms with van der Waals surface area (Å²) < 4.78 is 3.52. The summed E-state index contributed by atoms with van der Waals surface area (Å²) in [4.78, 5) is 0. The van der Waals surface area contributed by atoms with E-state index in [0.717, 1.165) is 18.6 Å². The van der Waals surface area contributed by atoms with E-state index < -0.39 is 0 Å². The van der Waals surface area contributed by atoms with Gasteiger partial charge in [0, 0.05) is 18.6 Å². The predicted molar refractivity (Wildman–Crippen MR) is 135 cm³/mol. The Kier molecular flexibility index (Phi) is 3.93. The van der Waals surface area contributed by atoms with Gasteiger partial charge >= 0.3 is 0 Å². The van der Waals surface area contributed by atoms with Gasteiger partial charge in [-0.05, 0) is 47.3 Å². The van der Waals surface area contributed by atoms with E-state index in [-0.39, 0.29) is 31.7 Å². The molecule has 0 aromatic rings. The van der Waals surface area contributed by atoms with Crippen molar-refractivity contribution in [2.45, 2.75) is 127 Å². The average Bonchev–Trinajstić information content (AvgIpc) is 2.66. The van der Waals surface area contributed by atoms with E-state index in [1.807, 2.05) is 0 Å². The fraction of sp³-hybridized carbons (Fsp3) is 1.00. The molecule has 0 aromatic carbocycles. The normalized spacial score (nSPS) is 52.7. The molecular formula is C24H44P4. The SMILES string of the molecule is CCC(C)(C)C12P3C4(C(C)(C)CC)P1C1(C(C)(C)CC)P2C3(C(C)(C)CC)P41. The van der Waals surface area contributed by atoms with E-state index >= 15 is 0 Å². The minimum Gasteiger partial charge on any atom is -0.0648 e. The highest BCUT2D eigenvalue weighted by molar-refractivity contribution is 8.53. The Morgan fingerprint density at radius 2 is 0.536 bits per heavy atom. The first-order valence-electron chi connectivity index (χ1n) is 11.9. The quantitative estimate of drug-likeness (QED) is 0.319. The van der Waals surface area contributed by atoms with Gasteiger partial charge in [-0.1, -0.05) is 115 Å². The van der Waals surface area contributed by atoms with Gasteiger partial charge in [0.15, 0.2) is 0 Å². The maximum absolute atomic E-state index is 2.71. The van der Waals surface area contributed by atoms with E-state index in [1.54, 1.807) is 0 Å². The summed E-state index contributed by atoms with van der Waals surface area (Å²) in [5, 5.41) is 0. The standard InChI is InChI=1S/C24H44P4/c1-13-17(5,6)21-25-22(18(7,8)14-2)26(21)24(20(11,12)16-4)27(21)23(25,28(22)24)19(9,10)15-3/h13-16H2,1-12H3. The van der Waals surface area contributed by atoms with Crippen LogP contribution in [0.25, 0.3) is 0 Å². The fourth-order valence-corrected chi connectivity index (χ4v) is 58.1. The van der Waals surface area contributed by atoms with Crippen LogP contribution in [0.4, 0.5) is 0 Å². The van der Waals surface area contributed by atoms with Crippen molar-refractivity contribution in [2.75, 3.05) is 0 Å². The topological polar surface area (TPSA) is 0 Å². The zero-order valence-corrected chi connectivity index (χ0v) is 24.2. The molecule has 160 valence electrons. The second-order valence-electron chi connectivity index (χ2n) is 12.8. The Bertz CT molecular complexity index is 584. The van der Waals surface area contributed by atoms with Crippen LogP contribution in [0, 0.1) is 21.7 Å². The van der Waals surface area contributed by atoms with Crippen molar-refractivity contribution in [1.29, 1.82) is 0 Å². The first-order chi connectivity index (χ1) is 12.7. The van der Waals surface area contributed by atoms with Crippen LogP contribution in [0.15, 0.2) is 0 Å². The maximum atomic E-state index is 2.71. The summed E-state index contributed by atoms with van der Waals surface area (Å²) in [5.74, 6) is 0. The lowest BCUT2D eigenvalue weighted by molar-refractivity contribution is 0.198. The molecule has 0 nitrogen and oxygen atoms in total. The summed E-state index contributed by atoms with van der Waals surface area (Å²) in [7, 11) is 0.980. The van der Waals surface area contributed by atoms with Crippen LogP contribution in [0.5, 0.6) is 0 Å². The molecule has 6 rings (SSSR count). The molecule has 4 heteroatoms. The minimum atomic E-state index is 0.245. The van der Waals surface area contributed by atoms with Crippen LogP contribution in [0.2, 0.25) is 0 Å². The zero-order chi connectivity index (χ0) is 21.1. The van der Waals surface area contributed by atoms with E-state index in [2.05, 4.69) is 83.1 Å². The monoisotopic (exact) mass is 456 g/mol. The Labute approximate surface area is 180 Å². The Morgan fingerprint density at radius 3 is 0.643 bits per heavy atom.